The normalized spacial score (nSPS) is 26.8. The van der Waals surface area contributed by atoms with Crippen molar-refractivity contribution in [1.29, 1.82) is 0 Å². The Labute approximate surface area is 202 Å². The zero-order valence-corrected chi connectivity index (χ0v) is 20.4. The van der Waals surface area contributed by atoms with E-state index < -0.39 is 0 Å². The number of hydrogen-bond acceptors (Lipinski definition) is 3. The molecule has 0 atom stereocenters. The van der Waals surface area contributed by atoms with Gasteiger partial charge in [0.25, 0.3) is 5.91 Å². The Balaban J connectivity index is 1.10. The van der Waals surface area contributed by atoms with Crippen LogP contribution in [0.5, 0.6) is 5.75 Å². The molecule has 0 aromatic heterocycles. The largest absolute Gasteiger partial charge is 0.492 e. The molecule has 180 valence electrons. The second kappa shape index (κ2) is 9.44. The molecule has 0 spiro atoms. The lowest BCUT2D eigenvalue weighted by Crippen LogP contribution is -2.53. The molecule has 5 heteroatoms. The summed E-state index contributed by atoms with van der Waals surface area (Å²) in [5, 5.41) is 3.22. The maximum absolute atomic E-state index is 13.2. The van der Waals surface area contributed by atoms with Crippen LogP contribution in [-0.2, 0) is 11.3 Å². The first-order valence-electron chi connectivity index (χ1n) is 12.7. The summed E-state index contributed by atoms with van der Waals surface area (Å²) >= 11 is 0. The molecule has 0 unspecified atom stereocenters. The summed E-state index contributed by atoms with van der Waals surface area (Å²) in [7, 11) is 1.79. The second-order valence-electron chi connectivity index (χ2n) is 11.0. The van der Waals surface area contributed by atoms with Gasteiger partial charge in [-0.1, -0.05) is 29.8 Å². The zero-order valence-electron chi connectivity index (χ0n) is 20.4. The SMILES string of the molecule is Cc1ccc(OCCN(C)C(=O)c2ccc(CNC(=O)C34CC5CC(CC(C5)C3)C4)cc2)cc1. The van der Waals surface area contributed by atoms with Crippen LogP contribution in [0, 0.1) is 30.1 Å². The predicted octanol–water partition coefficient (Wildman–Crippen LogP) is 4.98. The van der Waals surface area contributed by atoms with E-state index in [-0.39, 0.29) is 17.2 Å². The molecular weight excluding hydrogens is 424 g/mol. The van der Waals surface area contributed by atoms with Gasteiger partial charge in [0.2, 0.25) is 5.91 Å². The minimum absolute atomic E-state index is 0.0309. The van der Waals surface area contributed by atoms with E-state index in [0.29, 0.717) is 25.3 Å². The molecule has 34 heavy (non-hydrogen) atoms. The molecule has 2 aromatic rings. The predicted molar refractivity (Wildman–Crippen MR) is 133 cm³/mol. The van der Waals surface area contributed by atoms with E-state index in [1.807, 2.05) is 55.5 Å². The average molecular weight is 461 g/mol. The van der Waals surface area contributed by atoms with Crippen molar-refractivity contribution in [2.45, 2.75) is 52.0 Å². The Bertz CT molecular complexity index is 993. The number of nitrogens with one attached hydrogen (secondary N) is 1. The van der Waals surface area contributed by atoms with Crippen molar-refractivity contribution in [3.05, 3.63) is 65.2 Å². The molecule has 4 fully saturated rings. The number of ether oxygens (including phenoxy) is 1. The maximum Gasteiger partial charge on any atom is 0.253 e. The summed E-state index contributed by atoms with van der Waals surface area (Å²) in [6.07, 6.45) is 7.27. The lowest BCUT2D eigenvalue weighted by Gasteiger charge is -2.55. The minimum atomic E-state index is -0.117. The van der Waals surface area contributed by atoms with E-state index in [2.05, 4.69) is 5.32 Å². The average Bonchev–Trinajstić information content (AvgIpc) is 2.82. The molecule has 2 aromatic carbocycles. The molecule has 0 aliphatic heterocycles. The number of carbonyl (C=O) groups excluding carboxylic acids is 2. The third-order valence-corrected chi connectivity index (χ3v) is 8.24. The van der Waals surface area contributed by atoms with Gasteiger partial charge in [0.1, 0.15) is 12.4 Å². The molecule has 0 heterocycles. The fraction of sp³-hybridized carbons (Fsp3) is 0.517. The number of rotatable bonds is 8. The highest BCUT2D eigenvalue weighted by Crippen LogP contribution is 2.60. The van der Waals surface area contributed by atoms with Gasteiger partial charge in [-0.15, -0.1) is 0 Å². The Morgan fingerprint density at radius 1 is 0.941 bits per heavy atom. The first kappa shape index (κ1) is 22.9. The number of nitrogens with zero attached hydrogens (tertiary/aromatic N) is 1. The zero-order chi connectivity index (χ0) is 23.7. The fourth-order valence-corrected chi connectivity index (χ4v) is 6.78. The topological polar surface area (TPSA) is 58.6 Å². The summed E-state index contributed by atoms with van der Waals surface area (Å²) in [5.41, 5.74) is 2.75. The fourth-order valence-electron chi connectivity index (χ4n) is 6.78. The van der Waals surface area contributed by atoms with Gasteiger partial charge in [0, 0.05) is 24.6 Å². The highest BCUT2D eigenvalue weighted by Gasteiger charge is 2.54. The van der Waals surface area contributed by atoms with Crippen LogP contribution in [0.4, 0.5) is 0 Å². The van der Waals surface area contributed by atoms with Crippen molar-refractivity contribution >= 4 is 11.8 Å². The van der Waals surface area contributed by atoms with Crippen molar-refractivity contribution in [2.75, 3.05) is 20.2 Å². The minimum Gasteiger partial charge on any atom is -0.492 e. The summed E-state index contributed by atoms with van der Waals surface area (Å²) in [6.45, 7) is 3.52. The van der Waals surface area contributed by atoms with E-state index in [0.717, 1.165) is 48.3 Å². The standard InChI is InChI=1S/C29H36N2O3/c1-20-3-9-26(10-4-20)34-12-11-31(2)27(32)25-7-5-21(6-8-25)19-30-28(33)29-16-22-13-23(17-29)15-24(14-22)18-29/h3-10,22-24H,11-19H2,1-2H3,(H,30,33). The van der Waals surface area contributed by atoms with Gasteiger partial charge >= 0.3 is 0 Å². The number of aryl methyl sites for hydroxylation is 1. The van der Waals surface area contributed by atoms with E-state index >= 15 is 0 Å². The van der Waals surface area contributed by atoms with Crippen LogP contribution in [-0.4, -0.2) is 36.9 Å². The van der Waals surface area contributed by atoms with Gasteiger partial charge in [-0.2, -0.15) is 0 Å². The highest BCUT2D eigenvalue weighted by molar-refractivity contribution is 5.94. The first-order chi connectivity index (χ1) is 16.4. The van der Waals surface area contributed by atoms with Gasteiger partial charge in [-0.05, 0) is 93.0 Å². The van der Waals surface area contributed by atoms with Crippen molar-refractivity contribution in [2.24, 2.45) is 23.2 Å². The molecule has 1 N–H and O–H groups in total. The molecule has 0 radical (unpaired) electrons. The molecule has 4 aliphatic rings. The van der Waals surface area contributed by atoms with Gasteiger partial charge < -0.3 is 15.0 Å². The number of hydrogen-bond donors (Lipinski definition) is 1. The van der Waals surface area contributed by atoms with E-state index in [9.17, 15) is 9.59 Å². The van der Waals surface area contributed by atoms with Gasteiger partial charge in [-0.3, -0.25) is 9.59 Å². The summed E-state index contributed by atoms with van der Waals surface area (Å²) in [4.78, 5) is 27.6. The van der Waals surface area contributed by atoms with Crippen LogP contribution >= 0.6 is 0 Å². The van der Waals surface area contributed by atoms with E-state index in [1.165, 1.54) is 24.8 Å². The third-order valence-electron chi connectivity index (χ3n) is 8.24. The molecule has 5 nitrogen and oxygen atoms in total. The molecule has 6 rings (SSSR count). The van der Waals surface area contributed by atoms with E-state index in [4.69, 9.17) is 4.74 Å². The van der Waals surface area contributed by atoms with Crippen LogP contribution in [0.1, 0.15) is 60.0 Å². The van der Waals surface area contributed by atoms with Crippen LogP contribution in [0.25, 0.3) is 0 Å². The van der Waals surface area contributed by atoms with Crippen LogP contribution in [0.15, 0.2) is 48.5 Å². The van der Waals surface area contributed by atoms with Crippen molar-refractivity contribution in [3.63, 3.8) is 0 Å². The van der Waals surface area contributed by atoms with Gasteiger partial charge in [-0.25, -0.2) is 0 Å². The second-order valence-corrected chi connectivity index (χ2v) is 11.0. The number of amides is 2. The van der Waals surface area contributed by atoms with Crippen molar-refractivity contribution in [3.8, 4) is 5.75 Å². The monoisotopic (exact) mass is 460 g/mol. The quantitative estimate of drug-likeness (QED) is 0.605. The van der Waals surface area contributed by atoms with Crippen molar-refractivity contribution in [1.82, 2.24) is 10.2 Å². The molecule has 4 bridgehead atoms. The molecule has 4 aliphatic carbocycles. The number of benzene rings is 2. The van der Waals surface area contributed by atoms with Gasteiger partial charge in [0.05, 0.1) is 6.54 Å². The number of carbonyl (C=O) groups is 2. The van der Waals surface area contributed by atoms with Gasteiger partial charge in [0.15, 0.2) is 0 Å². The maximum atomic E-state index is 13.2. The Morgan fingerprint density at radius 3 is 2.12 bits per heavy atom. The summed E-state index contributed by atoms with van der Waals surface area (Å²) in [5.74, 6) is 3.33. The Kier molecular flexibility index (Phi) is 6.37. The Morgan fingerprint density at radius 2 is 1.53 bits per heavy atom. The molecule has 0 saturated heterocycles. The lowest BCUT2D eigenvalue weighted by molar-refractivity contribution is -0.146. The smallest absolute Gasteiger partial charge is 0.253 e. The summed E-state index contributed by atoms with van der Waals surface area (Å²) < 4.78 is 5.74. The molecular formula is C29H36N2O3. The van der Waals surface area contributed by atoms with Crippen molar-refractivity contribution < 1.29 is 14.3 Å². The van der Waals surface area contributed by atoms with Crippen LogP contribution in [0.3, 0.4) is 0 Å². The summed E-state index contributed by atoms with van der Waals surface area (Å²) in [6, 6.07) is 15.5. The van der Waals surface area contributed by atoms with Crippen LogP contribution < -0.4 is 10.1 Å². The number of likely N-dealkylation sites (N-methyl/N-ethyl adjacent to an activating group) is 1. The molecule has 4 saturated carbocycles. The highest BCUT2D eigenvalue weighted by atomic mass is 16.5. The molecule has 2 amide bonds. The third kappa shape index (κ3) is 4.84. The van der Waals surface area contributed by atoms with Crippen LogP contribution in [0.2, 0.25) is 0 Å². The first-order valence-corrected chi connectivity index (χ1v) is 12.7. The van der Waals surface area contributed by atoms with E-state index in [1.54, 1.807) is 11.9 Å². The Hall–Kier alpha value is -2.82. The lowest BCUT2D eigenvalue weighted by atomic mass is 9.49.